The lowest BCUT2D eigenvalue weighted by atomic mass is 10.1. The van der Waals surface area contributed by atoms with Crippen LogP contribution in [0.2, 0.25) is 0 Å². The van der Waals surface area contributed by atoms with Gasteiger partial charge in [0.25, 0.3) is 0 Å². The predicted octanol–water partition coefficient (Wildman–Crippen LogP) is 0.561. The summed E-state index contributed by atoms with van der Waals surface area (Å²) in [6.45, 7) is 6.19. The van der Waals surface area contributed by atoms with E-state index in [4.69, 9.17) is 9.84 Å². The topological polar surface area (TPSA) is 70.1 Å². The van der Waals surface area contributed by atoms with Gasteiger partial charge in [0.05, 0.1) is 19.2 Å². The number of rotatable bonds is 4. The lowest BCUT2D eigenvalue weighted by molar-refractivity contribution is -0.160. The quantitative estimate of drug-likeness (QED) is 0.817. The van der Waals surface area contributed by atoms with Crippen LogP contribution in [0.15, 0.2) is 0 Å². The summed E-state index contributed by atoms with van der Waals surface area (Å²) in [6, 6.07) is 0.306. The second-order valence-corrected chi connectivity index (χ2v) is 5.64. The van der Waals surface area contributed by atoms with Gasteiger partial charge in [-0.05, 0) is 32.7 Å². The Hall–Kier alpha value is -1.14. The Balaban J connectivity index is 2.01. The zero-order valence-corrected chi connectivity index (χ0v) is 12.2. The highest BCUT2D eigenvalue weighted by atomic mass is 16.5. The Kier molecular flexibility index (Phi) is 4.99. The average Bonchev–Trinajstić information content (AvgIpc) is 2.95. The Morgan fingerprint density at radius 3 is 2.80 bits per heavy atom. The van der Waals surface area contributed by atoms with Gasteiger partial charge in [-0.25, -0.2) is 4.79 Å². The van der Waals surface area contributed by atoms with Crippen LogP contribution in [0.3, 0.4) is 0 Å². The third-order valence-corrected chi connectivity index (χ3v) is 4.39. The van der Waals surface area contributed by atoms with Crippen LogP contribution < -0.4 is 0 Å². The number of nitrogens with zero attached hydrogens (tertiary/aromatic N) is 2. The first kappa shape index (κ1) is 15.3. The van der Waals surface area contributed by atoms with E-state index in [9.17, 15) is 9.59 Å². The molecule has 114 valence electrons. The molecule has 0 spiro atoms. The van der Waals surface area contributed by atoms with Gasteiger partial charge in [0.2, 0.25) is 5.91 Å². The molecule has 2 heterocycles. The molecule has 2 saturated heterocycles. The highest BCUT2D eigenvalue weighted by Gasteiger charge is 2.38. The van der Waals surface area contributed by atoms with E-state index in [-0.39, 0.29) is 18.5 Å². The molecule has 2 aliphatic heterocycles. The molecule has 0 bridgehead atoms. The second-order valence-electron chi connectivity index (χ2n) is 5.64. The van der Waals surface area contributed by atoms with Gasteiger partial charge >= 0.3 is 5.97 Å². The van der Waals surface area contributed by atoms with Crippen molar-refractivity contribution in [3.05, 3.63) is 0 Å². The van der Waals surface area contributed by atoms with Crippen molar-refractivity contribution in [1.82, 2.24) is 9.80 Å². The number of morpholine rings is 1. The maximum Gasteiger partial charge on any atom is 0.334 e. The summed E-state index contributed by atoms with van der Waals surface area (Å²) in [5, 5.41) is 9.01. The van der Waals surface area contributed by atoms with Crippen molar-refractivity contribution in [2.24, 2.45) is 0 Å². The molecule has 20 heavy (non-hydrogen) atoms. The second kappa shape index (κ2) is 6.54. The largest absolute Gasteiger partial charge is 0.479 e. The van der Waals surface area contributed by atoms with E-state index in [0.717, 1.165) is 25.8 Å². The minimum absolute atomic E-state index is 0.0670. The van der Waals surface area contributed by atoms with Crippen LogP contribution in [0.25, 0.3) is 0 Å². The Labute approximate surface area is 119 Å². The first-order valence-corrected chi connectivity index (χ1v) is 7.43. The van der Waals surface area contributed by atoms with Crippen LogP contribution >= 0.6 is 0 Å². The number of carbonyl (C=O) groups is 2. The van der Waals surface area contributed by atoms with Gasteiger partial charge in [-0.3, -0.25) is 9.69 Å². The molecular weight excluding hydrogens is 260 g/mol. The van der Waals surface area contributed by atoms with Gasteiger partial charge in [-0.15, -0.1) is 0 Å². The summed E-state index contributed by atoms with van der Waals surface area (Å²) in [6.07, 6.45) is 2.04. The third-order valence-electron chi connectivity index (χ3n) is 4.39. The van der Waals surface area contributed by atoms with Crippen molar-refractivity contribution in [3.63, 3.8) is 0 Å². The van der Waals surface area contributed by atoms with Gasteiger partial charge in [-0.2, -0.15) is 0 Å². The Morgan fingerprint density at radius 1 is 1.40 bits per heavy atom. The highest BCUT2D eigenvalue weighted by molar-refractivity contribution is 5.83. The SMILES string of the molecule is CCC(C)N1CCC[C@H]1C(=O)N1CCOC(C(=O)O)C1. The van der Waals surface area contributed by atoms with Gasteiger partial charge in [0.15, 0.2) is 6.10 Å². The molecule has 0 saturated carbocycles. The molecule has 0 aromatic carbocycles. The molecule has 1 N–H and O–H groups in total. The van der Waals surface area contributed by atoms with Crippen LogP contribution in [-0.4, -0.2) is 71.2 Å². The van der Waals surface area contributed by atoms with Crippen LogP contribution in [0.4, 0.5) is 0 Å². The summed E-state index contributed by atoms with van der Waals surface area (Å²) in [5.41, 5.74) is 0. The van der Waals surface area contributed by atoms with E-state index in [1.54, 1.807) is 4.90 Å². The predicted molar refractivity (Wildman–Crippen MR) is 73.4 cm³/mol. The van der Waals surface area contributed by atoms with Crippen LogP contribution in [0.5, 0.6) is 0 Å². The third kappa shape index (κ3) is 3.12. The summed E-state index contributed by atoms with van der Waals surface area (Å²) in [4.78, 5) is 27.5. The summed E-state index contributed by atoms with van der Waals surface area (Å²) in [7, 11) is 0. The normalized spacial score (nSPS) is 29.4. The number of amides is 1. The molecule has 1 amide bonds. The zero-order chi connectivity index (χ0) is 14.7. The van der Waals surface area contributed by atoms with Crippen LogP contribution in [0.1, 0.15) is 33.1 Å². The summed E-state index contributed by atoms with van der Waals surface area (Å²) < 4.78 is 5.17. The minimum Gasteiger partial charge on any atom is -0.479 e. The fourth-order valence-corrected chi connectivity index (χ4v) is 3.03. The zero-order valence-electron chi connectivity index (χ0n) is 12.2. The molecule has 0 aromatic heterocycles. The molecule has 2 unspecified atom stereocenters. The number of ether oxygens (including phenoxy) is 1. The molecule has 0 aliphatic carbocycles. The van der Waals surface area contributed by atoms with Gasteiger partial charge in [0.1, 0.15) is 0 Å². The average molecular weight is 284 g/mol. The lowest BCUT2D eigenvalue weighted by Gasteiger charge is -2.36. The van der Waals surface area contributed by atoms with Crippen LogP contribution in [0, 0.1) is 0 Å². The number of carbonyl (C=O) groups excluding carboxylic acids is 1. The van der Waals surface area contributed by atoms with Crippen molar-refractivity contribution < 1.29 is 19.4 Å². The first-order chi connectivity index (χ1) is 9.54. The molecule has 2 rings (SSSR count). The monoisotopic (exact) mass is 284 g/mol. The Bertz CT molecular complexity index is 374. The number of carboxylic acid groups (broad SMARTS) is 1. The molecule has 2 fully saturated rings. The minimum atomic E-state index is -0.993. The van der Waals surface area contributed by atoms with Crippen molar-refractivity contribution in [3.8, 4) is 0 Å². The van der Waals surface area contributed by atoms with Crippen molar-refractivity contribution in [2.75, 3.05) is 26.2 Å². The number of aliphatic carboxylic acids is 1. The number of likely N-dealkylation sites (tertiary alicyclic amines) is 1. The molecule has 2 aliphatic rings. The highest BCUT2D eigenvalue weighted by Crippen LogP contribution is 2.24. The van der Waals surface area contributed by atoms with Gasteiger partial charge in [-0.1, -0.05) is 6.92 Å². The van der Waals surface area contributed by atoms with Crippen LogP contribution in [-0.2, 0) is 14.3 Å². The van der Waals surface area contributed by atoms with E-state index >= 15 is 0 Å². The number of carboxylic acids is 1. The van der Waals surface area contributed by atoms with Gasteiger partial charge in [0, 0.05) is 12.6 Å². The summed E-state index contributed by atoms with van der Waals surface area (Å²) in [5.74, 6) is -0.926. The van der Waals surface area contributed by atoms with E-state index in [1.165, 1.54) is 0 Å². The van der Waals surface area contributed by atoms with E-state index in [2.05, 4.69) is 18.7 Å². The van der Waals surface area contributed by atoms with Crippen molar-refractivity contribution in [2.45, 2.75) is 51.3 Å². The number of hydrogen-bond donors (Lipinski definition) is 1. The van der Waals surface area contributed by atoms with Crippen molar-refractivity contribution >= 4 is 11.9 Å². The smallest absolute Gasteiger partial charge is 0.334 e. The standard InChI is InChI=1S/C14H24N2O4/c1-3-10(2)16-6-4-5-11(16)13(17)15-7-8-20-12(9-15)14(18)19/h10-12H,3-9H2,1-2H3,(H,18,19)/t10?,11-,12?/m0/s1. The Morgan fingerprint density at radius 2 is 2.15 bits per heavy atom. The molecule has 3 atom stereocenters. The van der Waals surface area contributed by atoms with E-state index in [0.29, 0.717) is 19.2 Å². The molecule has 0 radical (unpaired) electrons. The molecule has 6 nitrogen and oxygen atoms in total. The maximum absolute atomic E-state index is 12.6. The van der Waals surface area contributed by atoms with E-state index < -0.39 is 12.1 Å². The number of hydrogen-bond acceptors (Lipinski definition) is 4. The fraction of sp³-hybridized carbons (Fsp3) is 0.857. The van der Waals surface area contributed by atoms with E-state index in [1.807, 2.05) is 0 Å². The first-order valence-electron chi connectivity index (χ1n) is 7.43. The maximum atomic E-state index is 12.6. The van der Waals surface area contributed by atoms with Crippen molar-refractivity contribution in [1.29, 1.82) is 0 Å². The van der Waals surface area contributed by atoms with Gasteiger partial charge < -0.3 is 14.7 Å². The fourth-order valence-electron chi connectivity index (χ4n) is 3.03. The molecular formula is C14H24N2O4. The summed E-state index contributed by atoms with van der Waals surface area (Å²) >= 11 is 0. The lowest BCUT2D eigenvalue weighted by Crippen LogP contribution is -2.54. The molecule has 0 aromatic rings. The molecule has 6 heteroatoms.